The zero-order valence-electron chi connectivity index (χ0n) is 13.0. The van der Waals surface area contributed by atoms with Gasteiger partial charge in [0.2, 0.25) is 23.1 Å². The Kier molecular flexibility index (Phi) is 5.70. The van der Waals surface area contributed by atoms with Gasteiger partial charge >= 0.3 is 0 Å². The minimum Gasteiger partial charge on any atom is -0.501 e. The number of carbonyl (C=O) groups is 2. The second-order valence-electron chi connectivity index (χ2n) is 5.53. The van der Waals surface area contributed by atoms with Crippen LogP contribution in [0.25, 0.3) is 0 Å². The molecule has 0 saturated carbocycles. The van der Waals surface area contributed by atoms with Crippen LogP contribution in [-0.2, 0) is 9.59 Å². The van der Waals surface area contributed by atoms with Gasteiger partial charge in [0.15, 0.2) is 0 Å². The van der Waals surface area contributed by atoms with Gasteiger partial charge in [0, 0.05) is 11.1 Å². The average Bonchev–Trinajstić information content (AvgIpc) is 2.42. The van der Waals surface area contributed by atoms with Crippen LogP contribution in [0.3, 0.4) is 0 Å². The third kappa shape index (κ3) is 4.18. The van der Waals surface area contributed by atoms with Gasteiger partial charge in [0.1, 0.15) is 0 Å². The van der Waals surface area contributed by atoms with Crippen LogP contribution in [0.5, 0.6) is 0 Å². The summed E-state index contributed by atoms with van der Waals surface area (Å²) in [6.07, 6.45) is 6.13. The van der Waals surface area contributed by atoms with E-state index in [2.05, 4.69) is 6.08 Å². The molecule has 0 aliphatic heterocycles. The SMILES string of the molecule is CC(C)=CCC/C(C)=C/CC1=C(C)C(=O)C(O)=C(O)C1=O. The first-order valence-corrected chi connectivity index (χ1v) is 6.96. The number of allylic oxidation sites excluding steroid dienone is 6. The molecule has 2 N–H and O–H groups in total. The molecule has 0 radical (unpaired) electrons. The summed E-state index contributed by atoms with van der Waals surface area (Å²) in [5.74, 6) is -3.06. The Labute approximate surface area is 125 Å². The number of hydrogen-bond donors (Lipinski definition) is 2. The maximum Gasteiger partial charge on any atom is 0.228 e. The van der Waals surface area contributed by atoms with Crippen LogP contribution >= 0.6 is 0 Å². The summed E-state index contributed by atoms with van der Waals surface area (Å²) in [6.45, 7) is 7.55. The van der Waals surface area contributed by atoms with E-state index in [1.807, 2.05) is 26.8 Å². The van der Waals surface area contributed by atoms with E-state index in [4.69, 9.17) is 0 Å². The molecular weight excluding hydrogens is 268 g/mol. The first-order valence-electron chi connectivity index (χ1n) is 6.96. The molecule has 0 aromatic carbocycles. The van der Waals surface area contributed by atoms with Crippen LogP contribution < -0.4 is 0 Å². The molecule has 0 aromatic rings. The van der Waals surface area contributed by atoms with Gasteiger partial charge in [-0.25, -0.2) is 0 Å². The molecule has 0 amide bonds. The fraction of sp³-hybridized carbons (Fsp3) is 0.412. The Morgan fingerprint density at radius 2 is 1.57 bits per heavy atom. The van der Waals surface area contributed by atoms with Crippen molar-refractivity contribution in [2.75, 3.05) is 0 Å². The molecule has 0 unspecified atom stereocenters. The molecule has 1 aliphatic carbocycles. The summed E-state index contributed by atoms with van der Waals surface area (Å²) in [6, 6.07) is 0. The predicted octanol–water partition coefficient (Wildman–Crippen LogP) is 3.87. The van der Waals surface area contributed by atoms with Crippen molar-refractivity contribution in [3.63, 3.8) is 0 Å². The highest BCUT2D eigenvalue weighted by Crippen LogP contribution is 2.25. The quantitative estimate of drug-likeness (QED) is 0.595. The monoisotopic (exact) mass is 290 g/mol. The van der Waals surface area contributed by atoms with Crippen molar-refractivity contribution in [2.45, 2.75) is 47.0 Å². The lowest BCUT2D eigenvalue weighted by atomic mass is 9.90. The van der Waals surface area contributed by atoms with Crippen LogP contribution in [0.1, 0.15) is 47.0 Å². The molecule has 0 saturated heterocycles. The molecule has 114 valence electrons. The molecule has 1 rings (SSSR count). The summed E-state index contributed by atoms with van der Waals surface area (Å²) in [4.78, 5) is 23.6. The summed E-state index contributed by atoms with van der Waals surface area (Å²) < 4.78 is 0. The predicted molar refractivity (Wildman–Crippen MR) is 82.0 cm³/mol. The topological polar surface area (TPSA) is 74.6 Å². The summed E-state index contributed by atoms with van der Waals surface area (Å²) in [5.41, 5.74) is 2.83. The van der Waals surface area contributed by atoms with Crippen LogP contribution in [0.15, 0.2) is 46.0 Å². The fourth-order valence-corrected chi connectivity index (χ4v) is 2.06. The van der Waals surface area contributed by atoms with Crippen molar-refractivity contribution >= 4 is 11.6 Å². The molecular formula is C17H22O4. The summed E-state index contributed by atoms with van der Waals surface area (Å²) in [7, 11) is 0. The molecule has 4 heteroatoms. The second-order valence-corrected chi connectivity index (χ2v) is 5.53. The van der Waals surface area contributed by atoms with E-state index in [1.165, 1.54) is 12.5 Å². The molecule has 0 fully saturated rings. The van der Waals surface area contributed by atoms with E-state index in [0.29, 0.717) is 0 Å². The van der Waals surface area contributed by atoms with Crippen LogP contribution in [-0.4, -0.2) is 21.8 Å². The zero-order chi connectivity index (χ0) is 16.2. The number of hydrogen-bond acceptors (Lipinski definition) is 4. The number of Topliss-reactive ketones (excluding diaryl/α,β-unsaturated/α-hetero) is 2. The maximum absolute atomic E-state index is 11.9. The second kappa shape index (κ2) is 7.07. The van der Waals surface area contributed by atoms with Gasteiger partial charge in [-0.2, -0.15) is 0 Å². The number of ketones is 2. The molecule has 21 heavy (non-hydrogen) atoms. The molecule has 0 spiro atoms. The largest absolute Gasteiger partial charge is 0.501 e. The van der Waals surface area contributed by atoms with Crippen molar-refractivity contribution in [2.24, 2.45) is 0 Å². The Bertz CT molecular complexity index is 582. The van der Waals surface area contributed by atoms with Crippen LogP contribution in [0.4, 0.5) is 0 Å². The van der Waals surface area contributed by atoms with Gasteiger partial charge in [0.05, 0.1) is 0 Å². The zero-order valence-corrected chi connectivity index (χ0v) is 13.0. The van der Waals surface area contributed by atoms with Crippen molar-refractivity contribution in [1.82, 2.24) is 0 Å². The highest BCUT2D eigenvalue weighted by Gasteiger charge is 2.31. The third-order valence-electron chi connectivity index (χ3n) is 3.47. The molecule has 1 aliphatic rings. The smallest absolute Gasteiger partial charge is 0.228 e. The average molecular weight is 290 g/mol. The Balaban J connectivity index is 2.81. The van der Waals surface area contributed by atoms with E-state index in [-0.39, 0.29) is 17.6 Å². The minimum absolute atomic E-state index is 0.198. The van der Waals surface area contributed by atoms with Crippen LogP contribution in [0, 0.1) is 0 Å². The maximum atomic E-state index is 11.9. The lowest BCUT2D eigenvalue weighted by molar-refractivity contribution is -0.120. The number of aliphatic hydroxyl groups is 2. The van der Waals surface area contributed by atoms with Crippen molar-refractivity contribution in [3.05, 3.63) is 46.0 Å². The molecule has 0 bridgehead atoms. The molecule has 0 aromatic heterocycles. The van der Waals surface area contributed by atoms with E-state index in [9.17, 15) is 19.8 Å². The minimum atomic E-state index is -0.856. The van der Waals surface area contributed by atoms with E-state index in [0.717, 1.165) is 18.4 Å². The van der Waals surface area contributed by atoms with Crippen LogP contribution in [0.2, 0.25) is 0 Å². The molecule has 4 nitrogen and oxygen atoms in total. The van der Waals surface area contributed by atoms with Crippen molar-refractivity contribution in [1.29, 1.82) is 0 Å². The van der Waals surface area contributed by atoms with Gasteiger partial charge < -0.3 is 10.2 Å². The van der Waals surface area contributed by atoms with Gasteiger partial charge in [-0.05, 0) is 47.0 Å². The number of carbonyl (C=O) groups excluding carboxylic acids is 2. The van der Waals surface area contributed by atoms with E-state index in [1.54, 1.807) is 0 Å². The first-order chi connectivity index (χ1) is 9.75. The highest BCUT2D eigenvalue weighted by molar-refractivity contribution is 6.23. The Morgan fingerprint density at radius 3 is 2.14 bits per heavy atom. The van der Waals surface area contributed by atoms with Gasteiger partial charge in [0.25, 0.3) is 0 Å². The highest BCUT2D eigenvalue weighted by atomic mass is 16.3. The number of rotatable bonds is 5. The third-order valence-corrected chi connectivity index (χ3v) is 3.47. The van der Waals surface area contributed by atoms with Gasteiger partial charge in [-0.15, -0.1) is 0 Å². The lowest BCUT2D eigenvalue weighted by Gasteiger charge is -2.15. The fourth-order valence-electron chi connectivity index (χ4n) is 2.06. The first kappa shape index (κ1) is 17.0. The lowest BCUT2D eigenvalue weighted by Crippen LogP contribution is -2.22. The Hall–Kier alpha value is -2.10. The normalized spacial score (nSPS) is 16.7. The molecule has 0 heterocycles. The molecule has 0 atom stereocenters. The number of aliphatic hydroxyl groups excluding tert-OH is 2. The van der Waals surface area contributed by atoms with Gasteiger partial charge in [-0.3, -0.25) is 9.59 Å². The van der Waals surface area contributed by atoms with Gasteiger partial charge in [-0.1, -0.05) is 23.3 Å². The van der Waals surface area contributed by atoms with Crippen molar-refractivity contribution < 1.29 is 19.8 Å². The Morgan fingerprint density at radius 1 is 1.00 bits per heavy atom. The summed E-state index contributed by atoms with van der Waals surface area (Å²) >= 11 is 0. The summed E-state index contributed by atoms with van der Waals surface area (Å²) in [5, 5.41) is 18.8. The van der Waals surface area contributed by atoms with E-state index >= 15 is 0 Å². The van der Waals surface area contributed by atoms with E-state index < -0.39 is 23.1 Å². The standard InChI is InChI=1S/C17H22O4/c1-10(2)6-5-7-11(3)8-9-13-12(4)14(18)16(20)17(21)15(13)19/h6,8,20-21H,5,7,9H2,1-4H3/b11-8+. The van der Waals surface area contributed by atoms with Crippen molar-refractivity contribution in [3.8, 4) is 0 Å².